The Bertz CT molecular complexity index is 204. The lowest BCUT2D eigenvalue weighted by Crippen LogP contribution is -2.41. The Hall–Kier alpha value is -0.610. The third-order valence-electron chi connectivity index (χ3n) is 3.10. The summed E-state index contributed by atoms with van der Waals surface area (Å²) in [6.07, 6.45) is 3.78. The Balaban J connectivity index is 2.28. The molecule has 3 N–H and O–H groups in total. The second-order valence-corrected chi connectivity index (χ2v) is 4.35. The maximum Gasteiger partial charge on any atom is 0.320 e. The highest BCUT2D eigenvalue weighted by Gasteiger charge is 2.35. The molecule has 1 rings (SSSR count). The quantitative estimate of drug-likeness (QED) is 0.561. The molecular formula is C11H21NO3. The summed E-state index contributed by atoms with van der Waals surface area (Å²) in [5.74, 6) is -0.0268. The first-order valence-electron chi connectivity index (χ1n) is 5.76. The summed E-state index contributed by atoms with van der Waals surface area (Å²) >= 11 is 0. The van der Waals surface area contributed by atoms with Crippen molar-refractivity contribution in [2.45, 2.75) is 38.6 Å². The fourth-order valence-corrected chi connectivity index (χ4v) is 1.81. The molecular weight excluding hydrogens is 194 g/mol. The molecule has 0 spiro atoms. The van der Waals surface area contributed by atoms with Gasteiger partial charge >= 0.3 is 5.97 Å². The molecule has 2 atom stereocenters. The van der Waals surface area contributed by atoms with Gasteiger partial charge in [0.25, 0.3) is 0 Å². The van der Waals surface area contributed by atoms with E-state index in [-0.39, 0.29) is 12.6 Å². The Labute approximate surface area is 90.7 Å². The van der Waals surface area contributed by atoms with Crippen molar-refractivity contribution in [2.24, 2.45) is 11.8 Å². The minimum Gasteiger partial charge on any atom is -0.480 e. The summed E-state index contributed by atoms with van der Waals surface area (Å²) in [7, 11) is 0. The molecule has 0 saturated heterocycles. The lowest BCUT2D eigenvalue weighted by Gasteiger charge is -2.18. The SMILES string of the molecule is CCC(CCO)CNC(C(=O)O)C1CC1. The van der Waals surface area contributed by atoms with Gasteiger partial charge < -0.3 is 15.5 Å². The van der Waals surface area contributed by atoms with Crippen LogP contribution in [0.3, 0.4) is 0 Å². The zero-order valence-electron chi connectivity index (χ0n) is 9.28. The predicted molar refractivity (Wildman–Crippen MR) is 57.6 cm³/mol. The zero-order valence-corrected chi connectivity index (χ0v) is 9.28. The van der Waals surface area contributed by atoms with Gasteiger partial charge in [-0.05, 0) is 37.6 Å². The molecule has 1 fully saturated rings. The van der Waals surface area contributed by atoms with Gasteiger partial charge in [0.2, 0.25) is 0 Å². The normalized spacial score (nSPS) is 19.9. The lowest BCUT2D eigenvalue weighted by atomic mass is 10.0. The van der Waals surface area contributed by atoms with E-state index >= 15 is 0 Å². The smallest absolute Gasteiger partial charge is 0.320 e. The maximum atomic E-state index is 10.9. The molecule has 1 aliphatic carbocycles. The van der Waals surface area contributed by atoms with Gasteiger partial charge in [-0.1, -0.05) is 13.3 Å². The number of hydrogen-bond donors (Lipinski definition) is 3. The topological polar surface area (TPSA) is 69.6 Å². The summed E-state index contributed by atoms with van der Waals surface area (Å²) in [6.45, 7) is 2.95. The Morgan fingerprint density at radius 1 is 1.53 bits per heavy atom. The molecule has 1 aliphatic rings. The van der Waals surface area contributed by atoms with Crippen LogP contribution in [0.5, 0.6) is 0 Å². The van der Waals surface area contributed by atoms with Crippen LogP contribution >= 0.6 is 0 Å². The molecule has 0 bridgehead atoms. The van der Waals surface area contributed by atoms with Crippen LogP contribution in [-0.2, 0) is 4.79 Å². The largest absolute Gasteiger partial charge is 0.480 e. The fourth-order valence-electron chi connectivity index (χ4n) is 1.81. The molecule has 4 nitrogen and oxygen atoms in total. The second kappa shape index (κ2) is 6.08. The van der Waals surface area contributed by atoms with Crippen molar-refractivity contribution in [3.63, 3.8) is 0 Å². The second-order valence-electron chi connectivity index (χ2n) is 4.35. The van der Waals surface area contributed by atoms with E-state index in [1.165, 1.54) is 0 Å². The molecule has 1 saturated carbocycles. The minimum atomic E-state index is -0.739. The van der Waals surface area contributed by atoms with Crippen LogP contribution in [-0.4, -0.2) is 35.4 Å². The van der Waals surface area contributed by atoms with Gasteiger partial charge in [-0.25, -0.2) is 0 Å². The average Bonchev–Trinajstić information content (AvgIpc) is 3.00. The number of nitrogens with one attached hydrogen (secondary N) is 1. The van der Waals surface area contributed by atoms with Crippen LogP contribution in [0.15, 0.2) is 0 Å². The van der Waals surface area contributed by atoms with Crippen LogP contribution in [0, 0.1) is 11.8 Å². The highest BCUT2D eigenvalue weighted by molar-refractivity contribution is 5.74. The fraction of sp³-hybridized carbons (Fsp3) is 0.909. The van der Waals surface area contributed by atoms with Crippen LogP contribution < -0.4 is 5.32 Å². The number of carboxylic acid groups (broad SMARTS) is 1. The number of rotatable bonds is 8. The van der Waals surface area contributed by atoms with E-state index in [2.05, 4.69) is 12.2 Å². The number of hydrogen-bond acceptors (Lipinski definition) is 3. The van der Waals surface area contributed by atoms with E-state index in [9.17, 15) is 4.79 Å². The average molecular weight is 215 g/mol. The first kappa shape index (κ1) is 12.5. The standard InChI is InChI=1S/C11H21NO3/c1-2-8(5-6-13)7-12-10(11(14)15)9-3-4-9/h8-10,12-13H,2-7H2,1H3,(H,14,15). The van der Waals surface area contributed by atoms with Crippen molar-refractivity contribution < 1.29 is 15.0 Å². The van der Waals surface area contributed by atoms with Crippen LogP contribution in [0.2, 0.25) is 0 Å². The van der Waals surface area contributed by atoms with Gasteiger partial charge in [-0.15, -0.1) is 0 Å². The van der Waals surface area contributed by atoms with Crippen molar-refractivity contribution in [3.05, 3.63) is 0 Å². The molecule has 0 heterocycles. The van der Waals surface area contributed by atoms with Gasteiger partial charge in [0, 0.05) is 6.61 Å². The number of aliphatic hydroxyl groups is 1. The third kappa shape index (κ3) is 4.18. The minimum absolute atomic E-state index is 0.182. The van der Waals surface area contributed by atoms with Crippen LogP contribution in [0.4, 0.5) is 0 Å². The molecule has 88 valence electrons. The number of aliphatic hydroxyl groups excluding tert-OH is 1. The molecule has 0 aromatic heterocycles. The van der Waals surface area contributed by atoms with E-state index in [0.29, 0.717) is 18.4 Å². The third-order valence-corrected chi connectivity index (χ3v) is 3.10. The Morgan fingerprint density at radius 2 is 2.20 bits per heavy atom. The summed E-state index contributed by atoms with van der Waals surface area (Å²) in [4.78, 5) is 10.9. The highest BCUT2D eigenvalue weighted by atomic mass is 16.4. The molecule has 0 aromatic rings. The van der Waals surface area contributed by atoms with Crippen LogP contribution in [0.1, 0.15) is 32.6 Å². The maximum absolute atomic E-state index is 10.9. The number of carboxylic acids is 1. The van der Waals surface area contributed by atoms with Gasteiger partial charge in [0.05, 0.1) is 0 Å². The monoisotopic (exact) mass is 215 g/mol. The summed E-state index contributed by atoms with van der Waals surface area (Å²) in [6, 6.07) is -0.377. The van der Waals surface area contributed by atoms with Crippen molar-refractivity contribution >= 4 is 5.97 Å². The molecule has 0 radical (unpaired) electrons. The van der Waals surface area contributed by atoms with Crippen molar-refractivity contribution in [3.8, 4) is 0 Å². The van der Waals surface area contributed by atoms with Crippen molar-refractivity contribution in [1.29, 1.82) is 0 Å². The molecule has 0 amide bonds. The molecule has 15 heavy (non-hydrogen) atoms. The highest BCUT2D eigenvalue weighted by Crippen LogP contribution is 2.32. The summed E-state index contributed by atoms with van der Waals surface area (Å²) in [5.41, 5.74) is 0. The predicted octanol–water partition coefficient (Wildman–Crippen LogP) is 0.848. The molecule has 0 aromatic carbocycles. The van der Waals surface area contributed by atoms with Gasteiger partial charge in [0.1, 0.15) is 6.04 Å². The van der Waals surface area contributed by atoms with E-state index in [1.807, 2.05) is 0 Å². The number of carbonyl (C=O) groups is 1. The Morgan fingerprint density at radius 3 is 2.60 bits per heavy atom. The number of aliphatic carboxylic acids is 1. The van der Waals surface area contributed by atoms with E-state index < -0.39 is 5.97 Å². The van der Waals surface area contributed by atoms with E-state index in [4.69, 9.17) is 10.2 Å². The first-order chi connectivity index (χ1) is 7.19. The van der Waals surface area contributed by atoms with Gasteiger partial charge in [-0.2, -0.15) is 0 Å². The Kier molecular flexibility index (Phi) is 5.05. The first-order valence-corrected chi connectivity index (χ1v) is 5.76. The van der Waals surface area contributed by atoms with Crippen molar-refractivity contribution in [2.75, 3.05) is 13.2 Å². The molecule has 2 unspecified atom stereocenters. The van der Waals surface area contributed by atoms with Gasteiger partial charge in [0.15, 0.2) is 0 Å². The van der Waals surface area contributed by atoms with Crippen LogP contribution in [0.25, 0.3) is 0 Å². The summed E-state index contributed by atoms with van der Waals surface area (Å²) < 4.78 is 0. The lowest BCUT2D eigenvalue weighted by molar-refractivity contribution is -0.140. The zero-order chi connectivity index (χ0) is 11.3. The van der Waals surface area contributed by atoms with E-state index in [1.54, 1.807) is 0 Å². The molecule has 4 heteroatoms. The van der Waals surface area contributed by atoms with Gasteiger partial charge in [-0.3, -0.25) is 4.79 Å². The summed E-state index contributed by atoms with van der Waals surface area (Å²) in [5, 5.41) is 20.9. The van der Waals surface area contributed by atoms with E-state index in [0.717, 1.165) is 25.7 Å². The van der Waals surface area contributed by atoms with Crippen molar-refractivity contribution in [1.82, 2.24) is 5.32 Å². The molecule has 0 aliphatic heterocycles.